The van der Waals surface area contributed by atoms with Crippen LogP contribution in [0.4, 0.5) is 5.69 Å². The van der Waals surface area contributed by atoms with Crippen LogP contribution >= 0.6 is 0 Å². The van der Waals surface area contributed by atoms with Gasteiger partial charge in [0.2, 0.25) is 0 Å². The Morgan fingerprint density at radius 3 is 2.68 bits per heavy atom. The van der Waals surface area contributed by atoms with Crippen LogP contribution in [0.5, 0.6) is 0 Å². The normalized spacial score (nSPS) is 10.9. The maximum Gasteiger partial charge on any atom is 0.267 e. The third kappa shape index (κ3) is 4.95. The fraction of sp³-hybridized carbons (Fsp3) is 0.643. The third-order valence-electron chi connectivity index (χ3n) is 3.03. The van der Waals surface area contributed by atoms with E-state index >= 15 is 0 Å². The average Bonchev–Trinajstić information content (AvgIpc) is 2.76. The number of nitrogens with zero attached hydrogens (tertiary/aromatic N) is 1. The van der Waals surface area contributed by atoms with Crippen LogP contribution in [0.3, 0.4) is 0 Å². The Balaban J connectivity index is 2.41. The van der Waals surface area contributed by atoms with E-state index in [0.29, 0.717) is 17.9 Å². The van der Waals surface area contributed by atoms with E-state index in [2.05, 4.69) is 5.32 Å². The summed E-state index contributed by atoms with van der Waals surface area (Å²) in [6.45, 7) is 4.94. The Labute approximate surface area is 114 Å². The molecule has 0 aliphatic carbocycles. The first kappa shape index (κ1) is 15.6. The van der Waals surface area contributed by atoms with Gasteiger partial charge in [0.05, 0.1) is 5.69 Å². The summed E-state index contributed by atoms with van der Waals surface area (Å²) < 4.78 is 1.89. The summed E-state index contributed by atoms with van der Waals surface area (Å²) in [6.07, 6.45) is 5.58. The minimum absolute atomic E-state index is 0.0763. The number of nitrogen functional groups attached to an aromatic ring is 1. The zero-order valence-corrected chi connectivity index (χ0v) is 11.9. The Hall–Kier alpha value is -1.49. The fourth-order valence-corrected chi connectivity index (χ4v) is 1.99. The van der Waals surface area contributed by atoms with Gasteiger partial charge in [0.25, 0.3) is 5.91 Å². The second kappa shape index (κ2) is 7.84. The molecule has 0 unspecified atom stereocenters. The van der Waals surface area contributed by atoms with Crippen molar-refractivity contribution in [2.45, 2.75) is 45.6 Å². The van der Waals surface area contributed by atoms with Gasteiger partial charge >= 0.3 is 0 Å². The highest BCUT2D eigenvalue weighted by Gasteiger charge is 2.13. The lowest BCUT2D eigenvalue weighted by Gasteiger charge is -2.12. The van der Waals surface area contributed by atoms with Crippen LogP contribution in [-0.2, 0) is 0 Å². The highest BCUT2D eigenvalue weighted by Crippen LogP contribution is 2.16. The average molecular weight is 267 g/mol. The van der Waals surface area contributed by atoms with E-state index in [0.717, 1.165) is 25.7 Å². The van der Waals surface area contributed by atoms with E-state index in [4.69, 9.17) is 10.8 Å². The lowest BCUT2D eigenvalue weighted by Crippen LogP contribution is -2.27. The van der Waals surface area contributed by atoms with E-state index in [1.807, 2.05) is 18.4 Å². The number of nitrogens with one attached hydrogen (secondary N) is 1. The second-order valence-corrected chi connectivity index (χ2v) is 5.05. The van der Waals surface area contributed by atoms with Gasteiger partial charge in [-0.05, 0) is 32.8 Å². The molecular formula is C14H25N3O2. The molecule has 0 aromatic carbocycles. The maximum absolute atomic E-state index is 12.0. The van der Waals surface area contributed by atoms with E-state index in [1.54, 1.807) is 12.3 Å². The summed E-state index contributed by atoms with van der Waals surface area (Å²) in [6, 6.07) is 1.92. The first-order valence-electron chi connectivity index (χ1n) is 6.92. The van der Waals surface area contributed by atoms with Crippen molar-refractivity contribution < 1.29 is 9.90 Å². The van der Waals surface area contributed by atoms with Gasteiger partial charge in [0, 0.05) is 25.4 Å². The minimum Gasteiger partial charge on any atom is -0.397 e. The summed E-state index contributed by atoms with van der Waals surface area (Å²) in [5.41, 5.74) is 6.97. The standard InChI is InChI=1S/C14H25N3O2/c1-11(2)17-10-12(15)9-13(17)14(19)16-7-5-3-4-6-8-18/h9-11,18H,3-8,15H2,1-2H3,(H,16,19). The lowest BCUT2D eigenvalue weighted by molar-refractivity contribution is 0.0942. The zero-order chi connectivity index (χ0) is 14.3. The van der Waals surface area contributed by atoms with E-state index in [9.17, 15) is 4.79 Å². The van der Waals surface area contributed by atoms with Crippen LogP contribution in [0.25, 0.3) is 0 Å². The lowest BCUT2D eigenvalue weighted by atomic mass is 10.2. The number of carbonyl (C=O) groups is 1. The summed E-state index contributed by atoms with van der Waals surface area (Å²) in [7, 11) is 0. The minimum atomic E-state index is -0.0763. The fourth-order valence-electron chi connectivity index (χ4n) is 1.99. The van der Waals surface area contributed by atoms with Crippen LogP contribution in [0.2, 0.25) is 0 Å². The molecule has 1 aromatic heterocycles. The number of nitrogens with two attached hydrogens (primary N) is 1. The predicted molar refractivity (Wildman–Crippen MR) is 77.1 cm³/mol. The van der Waals surface area contributed by atoms with Gasteiger partial charge in [0.1, 0.15) is 5.69 Å². The van der Waals surface area contributed by atoms with Gasteiger partial charge in [-0.15, -0.1) is 0 Å². The number of hydrogen-bond acceptors (Lipinski definition) is 3. The molecule has 0 fully saturated rings. The number of amides is 1. The number of rotatable bonds is 8. The van der Waals surface area contributed by atoms with E-state index in [-0.39, 0.29) is 18.6 Å². The molecule has 1 aromatic rings. The molecule has 5 nitrogen and oxygen atoms in total. The van der Waals surface area contributed by atoms with E-state index < -0.39 is 0 Å². The zero-order valence-electron chi connectivity index (χ0n) is 11.9. The van der Waals surface area contributed by atoms with Crippen LogP contribution in [-0.4, -0.2) is 28.7 Å². The molecule has 0 spiro atoms. The van der Waals surface area contributed by atoms with Crippen molar-refractivity contribution >= 4 is 11.6 Å². The highest BCUT2D eigenvalue weighted by atomic mass is 16.2. The molecular weight excluding hydrogens is 242 g/mol. The molecule has 0 bridgehead atoms. The highest BCUT2D eigenvalue weighted by molar-refractivity contribution is 5.93. The van der Waals surface area contributed by atoms with Gasteiger partial charge < -0.3 is 20.7 Å². The molecule has 5 heteroatoms. The Kier molecular flexibility index (Phi) is 6.42. The molecule has 4 N–H and O–H groups in total. The van der Waals surface area contributed by atoms with Crippen molar-refractivity contribution in [1.82, 2.24) is 9.88 Å². The van der Waals surface area contributed by atoms with Crippen molar-refractivity contribution in [2.75, 3.05) is 18.9 Å². The van der Waals surface area contributed by atoms with Crippen LogP contribution in [0.1, 0.15) is 56.1 Å². The Bertz CT molecular complexity index is 399. The quantitative estimate of drug-likeness (QED) is 0.630. The summed E-state index contributed by atoms with van der Waals surface area (Å²) in [5.74, 6) is -0.0763. The number of aliphatic hydroxyl groups is 1. The molecule has 1 heterocycles. The van der Waals surface area contributed by atoms with Gasteiger partial charge in [-0.25, -0.2) is 0 Å². The van der Waals surface area contributed by atoms with Crippen molar-refractivity contribution in [2.24, 2.45) is 0 Å². The second-order valence-electron chi connectivity index (χ2n) is 5.05. The van der Waals surface area contributed by atoms with Crippen molar-refractivity contribution in [3.63, 3.8) is 0 Å². The number of aliphatic hydroxyl groups excluding tert-OH is 1. The molecule has 0 saturated carbocycles. The van der Waals surface area contributed by atoms with Gasteiger partial charge in [-0.3, -0.25) is 4.79 Å². The molecule has 1 amide bonds. The van der Waals surface area contributed by atoms with Gasteiger partial charge in [0.15, 0.2) is 0 Å². The molecule has 0 aliphatic rings. The predicted octanol–water partition coefficient (Wildman–Crippen LogP) is 1.93. The SMILES string of the molecule is CC(C)n1cc(N)cc1C(=O)NCCCCCCO. The molecule has 0 radical (unpaired) electrons. The monoisotopic (exact) mass is 267 g/mol. The number of unbranched alkanes of at least 4 members (excludes halogenated alkanes) is 3. The third-order valence-corrected chi connectivity index (χ3v) is 3.03. The summed E-state index contributed by atoms with van der Waals surface area (Å²) in [5, 5.41) is 11.6. The molecule has 19 heavy (non-hydrogen) atoms. The maximum atomic E-state index is 12.0. The summed E-state index contributed by atoms with van der Waals surface area (Å²) >= 11 is 0. The smallest absolute Gasteiger partial charge is 0.267 e. The van der Waals surface area contributed by atoms with Gasteiger partial charge in [-0.2, -0.15) is 0 Å². The van der Waals surface area contributed by atoms with Crippen molar-refractivity contribution in [1.29, 1.82) is 0 Å². The van der Waals surface area contributed by atoms with Crippen molar-refractivity contribution in [3.05, 3.63) is 18.0 Å². The Morgan fingerprint density at radius 2 is 2.05 bits per heavy atom. The van der Waals surface area contributed by atoms with Crippen LogP contribution in [0.15, 0.2) is 12.3 Å². The summed E-state index contributed by atoms with van der Waals surface area (Å²) in [4.78, 5) is 12.0. The number of aromatic nitrogens is 1. The molecule has 0 atom stereocenters. The molecule has 0 saturated heterocycles. The van der Waals surface area contributed by atoms with Crippen LogP contribution < -0.4 is 11.1 Å². The van der Waals surface area contributed by atoms with Crippen LogP contribution in [0, 0.1) is 0 Å². The number of anilines is 1. The largest absolute Gasteiger partial charge is 0.397 e. The molecule has 0 aliphatic heterocycles. The number of carbonyl (C=O) groups excluding carboxylic acids is 1. The molecule has 1 rings (SSSR count). The number of hydrogen-bond donors (Lipinski definition) is 3. The topological polar surface area (TPSA) is 80.3 Å². The first-order valence-corrected chi connectivity index (χ1v) is 6.92. The molecule has 108 valence electrons. The van der Waals surface area contributed by atoms with Gasteiger partial charge in [-0.1, -0.05) is 12.8 Å². The van der Waals surface area contributed by atoms with E-state index in [1.165, 1.54) is 0 Å². The van der Waals surface area contributed by atoms with Crippen molar-refractivity contribution in [3.8, 4) is 0 Å². The first-order chi connectivity index (χ1) is 9.06. The Morgan fingerprint density at radius 1 is 1.37 bits per heavy atom.